The molecule has 0 saturated carbocycles. The van der Waals surface area contributed by atoms with E-state index in [1.54, 1.807) is 11.3 Å². The van der Waals surface area contributed by atoms with Crippen molar-refractivity contribution in [2.45, 2.75) is 13.8 Å². The zero-order chi connectivity index (χ0) is 17.2. The van der Waals surface area contributed by atoms with Gasteiger partial charge in [0, 0.05) is 22.3 Å². The second kappa shape index (κ2) is 6.40. The summed E-state index contributed by atoms with van der Waals surface area (Å²) in [7, 11) is 0. The summed E-state index contributed by atoms with van der Waals surface area (Å²) in [5.41, 5.74) is 11.4. The van der Waals surface area contributed by atoms with Crippen molar-refractivity contribution in [3.8, 4) is 17.2 Å². The standard InChI is InChI=1S/C17H17N7S/c1-11-8-14(12(2)24(11)16-18-10-19-22-16)15-9-25-17(20-15)23-21-13-6-4-3-5-7-13/h3-10,21H,1-2H3,(H,20,23)(H,18,19,22). The number of thiazole rings is 1. The first kappa shape index (κ1) is 15.4. The van der Waals surface area contributed by atoms with Crippen molar-refractivity contribution in [1.29, 1.82) is 0 Å². The summed E-state index contributed by atoms with van der Waals surface area (Å²) in [4.78, 5) is 8.92. The van der Waals surface area contributed by atoms with Crippen LogP contribution in [0.3, 0.4) is 0 Å². The number of aryl methyl sites for hydroxylation is 1. The van der Waals surface area contributed by atoms with Gasteiger partial charge in [-0.25, -0.2) is 10.1 Å². The fraction of sp³-hybridized carbons (Fsp3) is 0.118. The predicted molar refractivity (Wildman–Crippen MR) is 100.0 cm³/mol. The Morgan fingerprint density at radius 1 is 1.12 bits per heavy atom. The molecule has 7 nitrogen and oxygen atoms in total. The Kier molecular flexibility index (Phi) is 3.95. The van der Waals surface area contributed by atoms with Gasteiger partial charge in [-0.05, 0) is 32.0 Å². The number of hydrogen-bond acceptors (Lipinski definition) is 6. The number of para-hydroxylation sites is 1. The molecule has 0 aliphatic rings. The molecule has 0 amide bonds. The maximum atomic E-state index is 4.68. The Labute approximate surface area is 148 Å². The minimum absolute atomic E-state index is 0.709. The third-order valence-electron chi connectivity index (χ3n) is 3.91. The number of hydrazine groups is 1. The lowest BCUT2D eigenvalue weighted by atomic mass is 10.2. The average Bonchev–Trinajstić information content (AvgIpc) is 3.35. The molecular weight excluding hydrogens is 334 g/mol. The molecule has 8 heteroatoms. The van der Waals surface area contributed by atoms with Gasteiger partial charge in [0.25, 0.3) is 0 Å². The van der Waals surface area contributed by atoms with E-state index in [1.807, 2.05) is 47.2 Å². The molecule has 25 heavy (non-hydrogen) atoms. The topological polar surface area (TPSA) is 83.4 Å². The number of aromatic amines is 1. The fourth-order valence-corrected chi connectivity index (χ4v) is 3.42. The lowest BCUT2D eigenvalue weighted by Gasteiger charge is -2.06. The van der Waals surface area contributed by atoms with Crippen LogP contribution in [0.15, 0.2) is 48.1 Å². The van der Waals surface area contributed by atoms with Crippen LogP contribution in [-0.4, -0.2) is 24.7 Å². The van der Waals surface area contributed by atoms with Gasteiger partial charge in [0.15, 0.2) is 0 Å². The van der Waals surface area contributed by atoms with Crippen LogP contribution in [-0.2, 0) is 0 Å². The number of benzene rings is 1. The van der Waals surface area contributed by atoms with Crippen LogP contribution in [0.5, 0.6) is 0 Å². The van der Waals surface area contributed by atoms with Gasteiger partial charge >= 0.3 is 0 Å². The number of hydrogen-bond donors (Lipinski definition) is 3. The molecule has 3 N–H and O–H groups in total. The van der Waals surface area contributed by atoms with Crippen molar-refractivity contribution in [3.05, 3.63) is 59.5 Å². The Hall–Kier alpha value is -3.13. The number of aromatic nitrogens is 5. The largest absolute Gasteiger partial charge is 0.299 e. The van der Waals surface area contributed by atoms with E-state index >= 15 is 0 Å². The van der Waals surface area contributed by atoms with Gasteiger partial charge in [0.1, 0.15) is 6.33 Å². The van der Waals surface area contributed by atoms with Gasteiger partial charge in [0.2, 0.25) is 11.1 Å². The minimum atomic E-state index is 0.709. The average molecular weight is 351 g/mol. The molecule has 0 bridgehead atoms. The molecule has 0 aliphatic carbocycles. The van der Waals surface area contributed by atoms with Crippen LogP contribution in [0.1, 0.15) is 11.4 Å². The van der Waals surface area contributed by atoms with Crippen molar-refractivity contribution in [1.82, 2.24) is 24.7 Å². The lowest BCUT2D eigenvalue weighted by Crippen LogP contribution is -2.07. The van der Waals surface area contributed by atoms with E-state index in [0.29, 0.717) is 5.95 Å². The fourth-order valence-electron chi connectivity index (χ4n) is 2.76. The summed E-state index contributed by atoms with van der Waals surface area (Å²) >= 11 is 1.56. The molecular formula is C17H17N7S. The number of rotatable bonds is 5. The highest BCUT2D eigenvalue weighted by molar-refractivity contribution is 7.14. The Morgan fingerprint density at radius 2 is 1.96 bits per heavy atom. The Bertz CT molecular complexity index is 970. The number of nitrogens with zero attached hydrogens (tertiary/aromatic N) is 4. The summed E-state index contributed by atoms with van der Waals surface area (Å²) < 4.78 is 2.04. The van der Waals surface area contributed by atoms with Crippen LogP contribution >= 0.6 is 11.3 Å². The smallest absolute Gasteiger partial charge is 0.229 e. The molecule has 0 radical (unpaired) electrons. The molecule has 4 rings (SSSR count). The van der Waals surface area contributed by atoms with E-state index < -0.39 is 0 Å². The second-order valence-corrected chi connectivity index (χ2v) is 6.44. The molecule has 3 heterocycles. The van der Waals surface area contributed by atoms with Gasteiger partial charge < -0.3 is 0 Å². The van der Waals surface area contributed by atoms with Crippen LogP contribution in [0.4, 0.5) is 10.8 Å². The van der Waals surface area contributed by atoms with E-state index in [1.165, 1.54) is 6.33 Å². The third kappa shape index (κ3) is 2.99. The van der Waals surface area contributed by atoms with Crippen molar-refractivity contribution in [2.24, 2.45) is 0 Å². The monoisotopic (exact) mass is 351 g/mol. The summed E-state index contributed by atoms with van der Waals surface area (Å²) in [6, 6.07) is 12.0. The van der Waals surface area contributed by atoms with Crippen LogP contribution in [0.25, 0.3) is 17.2 Å². The van der Waals surface area contributed by atoms with E-state index in [-0.39, 0.29) is 0 Å². The molecule has 0 unspecified atom stereocenters. The minimum Gasteiger partial charge on any atom is -0.299 e. The van der Waals surface area contributed by atoms with Crippen LogP contribution < -0.4 is 10.9 Å². The number of H-pyrrole nitrogens is 1. The van der Waals surface area contributed by atoms with Crippen LogP contribution in [0.2, 0.25) is 0 Å². The zero-order valence-corrected chi connectivity index (χ0v) is 14.6. The van der Waals surface area contributed by atoms with E-state index in [2.05, 4.69) is 44.0 Å². The predicted octanol–water partition coefficient (Wildman–Crippen LogP) is 3.77. The molecule has 0 aliphatic heterocycles. The highest BCUT2D eigenvalue weighted by Gasteiger charge is 2.16. The van der Waals surface area contributed by atoms with Crippen molar-refractivity contribution >= 4 is 22.2 Å². The normalized spacial score (nSPS) is 10.8. The molecule has 126 valence electrons. The summed E-state index contributed by atoms with van der Waals surface area (Å²) in [5.74, 6) is 0.709. The second-order valence-electron chi connectivity index (χ2n) is 5.58. The van der Waals surface area contributed by atoms with Gasteiger partial charge in [-0.2, -0.15) is 10.1 Å². The van der Waals surface area contributed by atoms with E-state index in [4.69, 9.17) is 0 Å². The van der Waals surface area contributed by atoms with E-state index in [0.717, 1.165) is 33.5 Å². The van der Waals surface area contributed by atoms with Crippen molar-refractivity contribution < 1.29 is 0 Å². The first-order valence-electron chi connectivity index (χ1n) is 7.80. The SMILES string of the molecule is Cc1cc(-c2csc(NNc3ccccc3)n2)c(C)n1-c1ncn[nH]1. The maximum Gasteiger partial charge on any atom is 0.229 e. The number of nitrogens with one attached hydrogen (secondary N) is 3. The Morgan fingerprint density at radius 3 is 2.72 bits per heavy atom. The molecule has 1 aromatic carbocycles. The number of anilines is 2. The van der Waals surface area contributed by atoms with Gasteiger partial charge in [0.05, 0.1) is 11.4 Å². The Balaban J connectivity index is 1.57. The van der Waals surface area contributed by atoms with Crippen LogP contribution in [0, 0.1) is 13.8 Å². The highest BCUT2D eigenvalue weighted by Crippen LogP contribution is 2.30. The molecule has 0 fully saturated rings. The molecule has 4 aromatic rings. The quantitative estimate of drug-likeness (QED) is 0.477. The third-order valence-corrected chi connectivity index (χ3v) is 4.67. The highest BCUT2D eigenvalue weighted by atomic mass is 32.1. The van der Waals surface area contributed by atoms with Crippen molar-refractivity contribution in [2.75, 3.05) is 10.9 Å². The summed E-state index contributed by atoms with van der Waals surface area (Å²) in [6.45, 7) is 4.10. The van der Waals surface area contributed by atoms with Gasteiger partial charge in [-0.1, -0.05) is 18.2 Å². The molecule has 0 spiro atoms. The first-order chi connectivity index (χ1) is 12.2. The maximum absolute atomic E-state index is 4.68. The molecule has 3 aromatic heterocycles. The lowest BCUT2D eigenvalue weighted by molar-refractivity contribution is 0.879. The summed E-state index contributed by atoms with van der Waals surface area (Å²) in [5, 5.41) is 9.69. The summed E-state index contributed by atoms with van der Waals surface area (Å²) in [6.07, 6.45) is 1.51. The van der Waals surface area contributed by atoms with Gasteiger partial charge in [-0.15, -0.1) is 11.3 Å². The van der Waals surface area contributed by atoms with Crippen molar-refractivity contribution in [3.63, 3.8) is 0 Å². The van der Waals surface area contributed by atoms with E-state index in [9.17, 15) is 0 Å². The molecule has 0 saturated heterocycles. The molecule has 0 atom stereocenters. The van der Waals surface area contributed by atoms with Gasteiger partial charge in [-0.3, -0.25) is 15.4 Å². The zero-order valence-electron chi connectivity index (χ0n) is 13.8. The first-order valence-corrected chi connectivity index (χ1v) is 8.68.